The highest BCUT2D eigenvalue weighted by molar-refractivity contribution is 9.10. The zero-order valence-electron chi connectivity index (χ0n) is 14.0. The quantitative estimate of drug-likeness (QED) is 0.775. The van der Waals surface area contributed by atoms with Crippen LogP contribution < -0.4 is 15.4 Å². The van der Waals surface area contributed by atoms with E-state index in [-0.39, 0.29) is 18.2 Å². The molecule has 5 nitrogen and oxygen atoms in total. The molecule has 0 spiro atoms. The van der Waals surface area contributed by atoms with Crippen molar-refractivity contribution < 1.29 is 9.53 Å². The maximum atomic E-state index is 12.1. The minimum Gasteiger partial charge on any atom is -0.475 e. The van der Waals surface area contributed by atoms with Crippen molar-refractivity contribution in [3.63, 3.8) is 0 Å². The fraction of sp³-hybridized carbons (Fsp3) is 0.333. The third-order valence-electron chi connectivity index (χ3n) is 3.33. The van der Waals surface area contributed by atoms with Crippen molar-refractivity contribution in [2.45, 2.75) is 39.5 Å². The van der Waals surface area contributed by atoms with E-state index in [0.29, 0.717) is 12.4 Å². The first-order chi connectivity index (χ1) is 11.5. The lowest BCUT2D eigenvalue weighted by Gasteiger charge is -2.16. The number of hydrogen-bond acceptors (Lipinski definition) is 3. The van der Waals surface area contributed by atoms with Crippen LogP contribution in [0.15, 0.2) is 47.1 Å². The number of halogens is 1. The van der Waals surface area contributed by atoms with Crippen LogP contribution in [0.2, 0.25) is 0 Å². The molecule has 1 aromatic heterocycles. The van der Waals surface area contributed by atoms with Gasteiger partial charge < -0.3 is 15.4 Å². The Balaban J connectivity index is 1.92. The molecule has 2 aromatic rings. The number of pyridine rings is 1. The zero-order valence-corrected chi connectivity index (χ0v) is 15.6. The van der Waals surface area contributed by atoms with E-state index in [1.54, 1.807) is 6.20 Å². The third kappa shape index (κ3) is 5.53. The van der Waals surface area contributed by atoms with Crippen LogP contribution in [0.4, 0.5) is 4.79 Å². The highest BCUT2D eigenvalue weighted by Gasteiger charge is 2.11. The maximum Gasteiger partial charge on any atom is 0.315 e. The van der Waals surface area contributed by atoms with Crippen molar-refractivity contribution in [3.8, 4) is 5.88 Å². The van der Waals surface area contributed by atoms with E-state index >= 15 is 0 Å². The van der Waals surface area contributed by atoms with Crippen molar-refractivity contribution in [1.82, 2.24) is 15.6 Å². The first kappa shape index (κ1) is 18.3. The van der Waals surface area contributed by atoms with E-state index in [1.807, 2.05) is 57.2 Å². The lowest BCUT2D eigenvalue weighted by atomic mass is 10.1. The molecule has 0 saturated heterocycles. The van der Waals surface area contributed by atoms with Crippen molar-refractivity contribution in [3.05, 3.63) is 58.2 Å². The van der Waals surface area contributed by atoms with Crippen LogP contribution in [0.5, 0.6) is 5.88 Å². The summed E-state index contributed by atoms with van der Waals surface area (Å²) in [4.78, 5) is 16.3. The number of benzene rings is 1. The molecule has 0 aliphatic heterocycles. The number of nitrogens with one attached hydrogen (secondary N) is 2. The molecule has 1 unspecified atom stereocenters. The normalized spacial score (nSPS) is 11.9. The molecule has 128 valence electrons. The number of urea groups is 1. The summed E-state index contributed by atoms with van der Waals surface area (Å²) >= 11 is 3.44. The summed E-state index contributed by atoms with van der Waals surface area (Å²) in [5.74, 6) is 0.549. The van der Waals surface area contributed by atoms with Gasteiger partial charge in [-0.25, -0.2) is 9.78 Å². The van der Waals surface area contributed by atoms with Crippen LogP contribution in [0, 0.1) is 0 Å². The van der Waals surface area contributed by atoms with Crippen LogP contribution >= 0.6 is 15.9 Å². The summed E-state index contributed by atoms with van der Waals surface area (Å²) in [6.45, 7) is 6.18. The Hall–Kier alpha value is -2.08. The van der Waals surface area contributed by atoms with E-state index in [1.165, 1.54) is 0 Å². The average molecular weight is 392 g/mol. The molecule has 0 saturated carbocycles. The van der Waals surface area contributed by atoms with Gasteiger partial charge in [0.25, 0.3) is 0 Å². The van der Waals surface area contributed by atoms with Gasteiger partial charge in [0.2, 0.25) is 5.88 Å². The Bertz CT molecular complexity index is 691. The Morgan fingerprint density at radius 1 is 1.25 bits per heavy atom. The summed E-state index contributed by atoms with van der Waals surface area (Å²) in [6.07, 6.45) is 1.71. The van der Waals surface area contributed by atoms with Gasteiger partial charge in [-0.1, -0.05) is 34.1 Å². The fourth-order valence-corrected chi connectivity index (χ4v) is 2.59. The molecule has 0 bridgehead atoms. The van der Waals surface area contributed by atoms with E-state index in [4.69, 9.17) is 4.74 Å². The Morgan fingerprint density at radius 2 is 2.04 bits per heavy atom. The zero-order chi connectivity index (χ0) is 17.5. The molecule has 2 N–H and O–H groups in total. The second-order valence-electron chi connectivity index (χ2n) is 5.74. The van der Waals surface area contributed by atoms with Crippen molar-refractivity contribution in [1.29, 1.82) is 0 Å². The first-order valence-electron chi connectivity index (χ1n) is 7.86. The number of hydrogen-bond donors (Lipinski definition) is 2. The van der Waals surface area contributed by atoms with Gasteiger partial charge in [-0.3, -0.25) is 0 Å². The minimum atomic E-state index is -0.234. The molecule has 0 aliphatic rings. The van der Waals surface area contributed by atoms with E-state index in [2.05, 4.69) is 31.5 Å². The lowest BCUT2D eigenvalue weighted by molar-refractivity contribution is 0.227. The molecular weight excluding hydrogens is 370 g/mol. The number of carbonyl (C=O) groups excluding carboxylic acids is 1. The van der Waals surface area contributed by atoms with Gasteiger partial charge in [0, 0.05) is 22.8 Å². The third-order valence-corrected chi connectivity index (χ3v) is 3.83. The van der Waals surface area contributed by atoms with E-state index < -0.39 is 0 Å². The van der Waals surface area contributed by atoms with Gasteiger partial charge in [0.1, 0.15) is 0 Å². The lowest BCUT2D eigenvalue weighted by Crippen LogP contribution is -2.36. The first-order valence-corrected chi connectivity index (χ1v) is 8.65. The van der Waals surface area contributed by atoms with Crippen LogP contribution in [0.25, 0.3) is 0 Å². The molecule has 1 aromatic carbocycles. The number of amides is 2. The summed E-state index contributed by atoms with van der Waals surface area (Å²) in [6, 6.07) is 11.3. The van der Waals surface area contributed by atoms with E-state index in [0.717, 1.165) is 15.6 Å². The summed E-state index contributed by atoms with van der Waals surface area (Å²) in [5, 5.41) is 5.77. The number of aromatic nitrogens is 1. The Labute approximate surface area is 151 Å². The largest absolute Gasteiger partial charge is 0.475 e. The van der Waals surface area contributed by atoms with Gasteiger partial charge in [-0.15, -0.1) is 0 Å². The standard InChI is InChI=1S/C18H22BrN3O2/c1-12(2)24-17-15(7-5-9-20-17)11-21-18(23)22-13(3)14-6-4-8-16(19)10-14/h4-10,12-13H,11H2,1-3H3,(H2,21,22,23). The van der Waals surface area contributed by atoms with Crippen LogP contribution in [-0.2, 0) is 6.54 Å². The number of ether oxygens (including phenoxy) is 1. The van der Waals surface area contributed by atoms with Crippen LogP contribution in [-0.4, -0.2) is 17.1 Å². The Kier molecular flexibility index (Phi) is 6.61. The highest BCUT2D eigenvalue weighted by atomic mass is 79.9. The number of nitrogens with zero attached hydrogens (tertiary/aromatic N) is 1. The smallest absolute Gasteiger partial charge is 0.315 e. The van der Waals surface area contributed by atoms with Crippen molar-refractivity contribution in [2.75, 3.05) is 0 Å². The predicted octanol–water partition coefficient (Wildman–Crippen LogP) is 4.19. The summed E-state index contributed by atoms with van der Waals surface area (Å²) in [7, 11) is 0. The monoisotopic (exact) mass is 391 g/mol. The van der Waals surface area contributed by atoms with Gasteiger partial charge in [0.15, 0.2) is 0 Å². The average Bonchev–Trinajstić information content (AvgIpc) is 2.53. The second-order valence-corrected chi connectivity index (χ2v) is 6.65. The topological polar surface area (TPSA) is 63.2 Å². The van der Waals surface area contributed by atoms with Crippen molar-refractivity contribution >= 4 is 22.0 Å². The summed E-state index contributed by atoms with van der Waals surface area (Å²) < 4.78 is 6.64. The molecular formula is C18H22BrN3O2. The SMILES string of the molecule is CC(C)Oc1ncccc1CNC(=O)NC(C)c1cccc(Br)c1. The molecule has 6 heteroatoms. The van der Waals surface area contributed by atoms with E-state index in [9.17, 15) is 4.79 Å². The second kappa shape index (κ2) is 8.68. The van der Waals surface area contributed by atoms with Crippen LogP contribution in [0.1, 0.15) is 37.9 Å². The van der Waals surface area contributed by atoms with Gasteiger partial charge in [0.05, 0.1) is 12.1 Å². The van der Waals surface area contributed by atoms with Crippen LogP contribution in [0.3, 0.4) is 0 Å². The number of carbonyl (C=O) groups is 1. The fourth-order valence-electron chi connectivity index (χ4n) is 2.17. The molecule has 0 fully saturated rings. The van der Waals surface area contributed by atoms with Gasteiger partial charge in [-0.05, 0) is 44.5 Å². The minimum absolute atomic E-state index is 0.0315. The molecule has 1 heterocycles. The number of rotatable bonds is 6. The predicted molar refractivity (Wildman–Crippen MR) is 97.9 cm³/mol. The highest BCUT2D eigenvalue weighted by Crippen LogP contribution is 2.18. The van der Waals surface area contributed by atoms with Crippen molar-refractivity contribution in [2.24, 2.45) is 0 Å². The maximum absolute atomic E-state index is 12.1. The molecule has 0 radical (unpaired) electrons. The molecule has 0 aliphatic carbocycles. The van der Waals surface area contributed by atoms with Gasteiger partial charge >= 0.3 is 6.03 Å². The molecule has 2 rings (SSSR count). The Morgan fingerprint density at radius 3 is 2.75 bits per heavy atom. The molecule has 24 heavy (non-hydrogen) atoms. The molecule has 1 atom stereocenters. The molecule has 2 amide bonds. The summed E-state index contributed by atoms with van der Waals surface area (Å²) in [5.41, 5.74) is 1.88. The van der Waals surface area contributed by atoms with Gasteiger partial charge in [-0.2, -0.15) is 0 Å².